The van der Waals surface area contributed by atoms with E-state index in [0.29, 0.717) is 44.7 Å². The van der Waals surface area contributed by atoms with Crippen molar-refractivity contribution in [2.24, 2.45) is 5.92 Å². The van der Waals surface area contributed by atoms with Gasteiger partial charge in [-0.05, 0) is 116 Å². The summed E-state index contributed by atoms with van der Waals surface area (Å²) in [6.45, 7) is 10.3. The number of hydrogen-bond donors (Lipinski definition) is 3. The Hall–Kier alpha value is -4.72. The first-order valence-corrected chi connectivity index (χ1v) is 23.6. The van der Waals surface area contributed by atoms with Crippen LogP contribution in [-0.4, -0.2) is 82.8 Å². The number of benzene rings is 4. The third-order valence-corrected chi connectivity index (χ3v) is 16.9. The molecule has 5 atom stereocenters. The zero-order chi connectivity index (χ0) is 41.2. The fraction of sp³-hybridized carbons (Fsp3) is 0.435. The van der Waals surface area contributed by atoms with Gasteiger partial charge in [-0.2, -0.15) is 0 Å². The highest BCUT2D eigenvalue weighted by molar-refractivity contribution is 6.91. The van der Waals surface area contributed by atoms with Crippen LogP contribution in [0.25, 0.3) is 0 Å². The van der Waals surface area contributed by atoms with Crippen molar-refractivity contribution in [2.75, 3.05) is 50.4 Å². The molecule has 58 heavy (non-hydrogen) atoms. The monoisotopic (exact) mass is 807 g/mol. The third kappa shape index (κ3) is 7.41. The highest BCUT2D eigenvalue weighted by atomic mass is 28.3. The molecule has 0 saturated carbocycles. The Morgan fingerprint density at radius 3 is 2.22 bits per heavy atom. The van der Waals surface area contributed by atoms with Crippen LogP contribution in [0.5, 0.6) is 17.2 Å². The SMILES string of the molecule is CCOc1ccc2c(c1)CC(NCCCCO)C(=O)N2c1ccc(CN2C(=O)[C@@]3(O[C@@H](CCO)[C@H]([Si](C)(C)c4ccc(OC)cc4)[C@H]3C)c3cc(OC)ccc32)cc1. The number of carbonyl (C=O) groups is 2. The van der Waals surface area contributed by atoms with E-state index in [9.17, 15) is 15.0 Å². The number of nitrogens with zero attached hydrogens (tertiary/aromatic N) is 2. The molecule has 7 rings (SSSR count). The predicted molar refractivity (Wildman–Crippen MR) is 228 cm³/mol. The average molecular weight is 808 g/mol. The van der Waals surface area contributed by atoms with Crippen molar-refractivity contribution < 1.29 is 38.7 Å². The number of amides is 2. The molecule has 4 aromatic carbocycles. The second-order valence-electron chi connectivity index (χ2n) is 16.1. The molecule has 1 fully saturated rings. The van der Waals surface area contributed by atoms with Crippen molar-refractivity contribution in [1.82, 2.24) is 5.32 Å². The molecule has 12 heteroatoms. The lowest BCUT2D eigenvalue weighted by Crippen LogP contribution is -2.51. The lowest BCUT2D eigenvalue weighted by atomic mass is 9.82. The highest BCUT2D eigenvalue weighted by Gasteiger charge is 2.66. The van der Waals surface area contributed by atoms with Crippen LogP contribution < -0.4 is 34.5 Å². The summed E-state index contributed by atoms with van der Waals surface area (Å²) in [5, 5.41) is 24.2. The minimum atomic E-state index is -2.33. The maximum atomic E-state index is 15.2. The molecule has 0 aliphatic carbocycles. The molecule has 1 spiro atoms. The van der Waals surface area contributed by atoms with E-state index in [1.165, 1.54) is 5.19 Å². The van der Waals surface area contributed by atoms with Crippen molar-refractivity contribution in [2.45, 2.75) is 82.5 Å². The molecule has 11 nitrogen and oxygen atoms in total. The number of carbonyl (C=O) groups excluding carboxylic acids is 2. The van der Waals surface area contributed by atoms with E-state index in [1.54, 1.807) is 19.1 Å². The molecule has 1 unspecified atom stereocenters. The Balaban J connectivity index is 1.20. The molecule has 0 bridgehead atoms. The van der Waals surface area contributed by atoms with Crippen LogP contribution in [0.4, 0.5) is 17.1 Å². The first-order chi connectivity index (χ1) is 28.0. The summed E-state index contributed by atoms with van der Waals surface area (Å²) < 4.78 is 24.1. The summed E-state index contributed by atoms with van der Waals surface area (Å²) in [7, 11) is 0.952. The van der Waals surface area contributed by atoms with Crippen LogP contribution in [0.2, 0.25) is 18.6 Å². The molecule has 3 N–H and O–H groups in total. The van der Waals surface area contributed by atoms with Gasteiger partial charge in [0.2, 0.25) is 5.91 Å². The van der Waals surface area contributed by atoms with Crippen LogP contribution in [0.3, 0.4) is 0 Å². The van der Waals surface area contributed by atoms with Crippen molar-refractivity contribution in [3.63, 3.8) is 0 Å². The normalized spacial score (nSPS) is 22.7. The summed E-state index contributed by atoms with van der Waals surface area (Å²) in [6.07, 6.45) is 2.05. The molecule has 3 aliphatic heterocycles. The van der Waals surface area contributed by atoms with Crippen LogP contribution in [0.15, 0.2) is 84.9 Å². The summed E-state index contributed by atoms with van der Waals surface area (Å²) in [5.74, 6) is 1.81. The van der Waals surface area contributed by atoms with E-state index in [2.05, 4.69) is 37.5 Å². The van der Waals surface area contributed by atoms with Crippen LogP contribution in [0, 0.1) is 5.92 Å². The standard InChI is InChI=1S/C46H57N3O8Si/c1-7-56-36-17-20-40-32(26-36)27-39(47-23-8-9-24-50)44(52)49(40)33-12-10-31(11-13-33)29-48-41-21-16-35(55-4)28-38(41)46(45(48)53)30(2)43(42(57-46)22-25-51)58(5,6)37-18-14-34(54-3)15-19-37/h10-21,26,28,30,39,42-43,47,50-51H,7-9,22-25,27,29H2,1-6H3/t30-,39?,42+,43-,46+/m1/s1. The highest BCUT2D eigenvalue weighted by Crippen LogP contribution is 2.60. The fourth-order valence-corrected chi connectivity index (χ4v) is 13.7. The Bertz CT molecular complexity index is 2090. The van der Waals surface area contributed by atoms with Crippen molar-refractivity contribution >= 4 is 42.1 Å². The van der Waals surface area contributed by atoms with Crippen molar-refractivity contribution in [1.29, 1.82) is 0 Å². The maximum Gasteiger partial charge on any atom is 0.264 e. The number of aliphatic hydroxyl groups excluding tert-OH is 2. The Morgan fingerprint density at radius 1 is 0.862 bits per heavy atom. The lowest BCUT2D eigenvalue weighted by Gasteiger charge is -2.37. The van der Waals surface area contributed by atoms with Gasteiger partial charge in [-0.3, -0.25) is 14.5 Å². The van der Waals surface area contributed by atoms with Crippen molar-refractivity contribution in [3.05, 3.63) is 102 Å². The smallest absolute Gasteiger partial charge is 0.264 e. The van der Waals surface area contributed by atoms with E-state index >= 15 is 4.79 Å². The topological polar surface area (TPSA) is 130 Å². The van der Waals surface area contributed by atoms with Crippen molar-refractivity contribution in [3.8, 4) is 17.2 Å². The fourth-order valence-electron chi connectivity index (χ4n) is 9.63. The van der Waals surface area contributed by atoms with Crippen LogP contribution in [0.1, 0.15) is 49.8 Å². The van der Waals surface area contributed by atoms with Gasteiger partial charge >= 0.3 is 0 Å². The number of ether oxygens (including phenoxy) is 4. The van der Waals surface area contributed by atoms with Gasteiger partial charge in [-0.25, -0.2) is 0 Å². The van der Waals surface area contributed by atoms with Crippen LogP contribution >= 0.6 is 0 Å². The Kier molecular flexibility index (Phi) is 12.3. The molecule has 0 radical (unpaired) electrons. The van der Waals surface area contributed by atoms with E-state index in [1.807, 2.05) is 84.6 Å². The molecule has 1 saturated heterocycles. The number of anilines is 3. The Labute approximate surface area is 342 Å². The number of fused-ring (bicyclic) bond motifs is 3. The molecular formula is C46H57N3O8Si. The molecule has 2 amide bonds. The quantitative estimate of drug-likeness (QED) is 0.0896. The van der Waals surface area contributed by atoms with Gasteiger partial charge in [0.15, 0.2) is 5.60 Å². The minimum absolute atomic E-state index is 0.0119. The zero-order valence-electron chi connectivity index (χ0n) is 34.5. The number of nitrogens with one attached hydrogen (secondary N) is 1. The van der Waals surface area contributed by atoms with Gasteiger partial charge < -0.3 is 39.4 Å². The van der Waals surface area contributed by atoms with Gasteiger partial charge in [0.1, 0.15) is 17.2 Å². The summed E-state index contributed by atoms with van der Waals surface area (Å²) in [6, 6.07) is 27.3. The number of hydrogen-bond acceptors (Lipinski definition) is 9. The first-order valence-electron chi connectivity index (χ1n) is 20.5. The number of aliphatic hydroxyl groups is 2. The van der Waals surface area contributed by atoms with Gasteiger partial charge in [-0.1, -0.05) is 49.5 Å². The zero-order valence-corrected chi connectivity index (χ0v) is 35.5. The molecule has 308 valence electrons. The third-order valence-electron chi connectivity index (χ3n) is 12.5. The maximum absolute atomic E-state index is 15.2. The molecule has 0 aromatic heterocycles. The molecule has 4 aromatic rings. The second-order valence-corrected chi connectivity index (χ2v) is 20.8. The number of unbranched alkanes of at least 4 members (excludes halogenated alkanes) is 1. The van der Waals surface area contributed by atoms with Gasteiger partial charge in [-0.15, -0.1) is 0 Å². The Morgan fingerprint density at radius 2 is 1.55 bits per heavy atom. The number of rotatable bonds is 16. The second kappa shape index (κ2) is 17.2. The van der Waals surface area contributed by atoms with Gasteiger partial charge in [0.05, 0.1) is 59.0 Å². The van der Waals surface area contributed by atoms with Crippen LogP contribution in [-0.2, 0) is 32.9 Å². The average Bonchev–Trinajstić information content (AvgIpc) is 3.66. The number of methoxy groups -OCH3 is 2. The molecular weight excluding hydrogens is 751 g/mol. The molecule has 3 heterocycles. The largest absolute Gasteiger partial charge is 0.497 e. The summed E-state index contributed by atoms with van der Waals surface area (Å²) in [4.78, 5) is 32.9. The lowest BCUT2D eigenvalue weighted by molar-refractivity contribution is -0.146. The van der Waals surface area contributed by atoms with Gasteiger partial charge in [0.25, 0.3) is 5.91 Å². The van der Waals surface area contributed by atoms with E-state index in [0.717, 1.165) is 51.7 Å². The summed E-state index contributed by atoms with van der Waals surface area (Å²) in [5.41, 5.74) is 3.74. The van der Waals surface area contributed by atoms with E-state index in [4.69, 9.17) is 18.9 Å². The predicted octanol–water partition coefficient (Wildman–Crippen LogP) is 6.20. The van der Waals surface area contributed by atoms with E-state index in [-0.39, 0.29) is 42.6 Å². The first kappa shape index (κ1) is 41.4. The van der Waals surface area contributed by atoms with E-state index < -0.39 is 19.7 Å². The minimum Gasteiger partial charge on any atom is -0.497 e. The summed E-state index contributed by atoms with van der Waals surface area (Å²) >= 11 is 0. The van der Waals surface area contributed by atoms with Gasteiger partial charge in [0, 0.05) is 30.4 Å². The molecule has 3 aliphatic rings.